The van der Waals surface area contributed by atoms with Gasteiger partial charge in [-0.2, -0.15) is 0 Å². The van der Waals surface area contributed by atoms with Crippen LogP contribution in [0, 0.1) is 41.5 Å². The molecule has 3 nitrogen and oxygen atoms in total. The van der Waals surface area contributed by atoms with Gasteiger partial charge in [0.15, 0.2) is 0 Å². The van der Waals surface area contributed by atoms with E-state index in [9.17, 15) is 0 Å². The summed E-state index contributed by atoms with van der Waals surface area (Å²) in [4.78, 5) is 16.9. The molecule has 0 radical (unpaired) electrons. The van der Waals surface area contributed by atoms with Gasteiger partial charge < -0.3 is 0 Å². The Bertz CT molecular complexity index is 1910. The molecule has 3 heteroatoms. The van der Waals surface area contributed by atoms with Crippen LogP contribution in [-0.2, 0) is 0 Å². The van der Waals surface area contributed by atoms with Crippen molar-refractivity contribution in [3.8, 4) is 0 Å². The molecule has 0 amide bonds. The van der Waals surface area contributed by atoms with Crippen LogP contribution in [0.2, 0.25) is 0 Å². The normalized spacial score (nSPS) is 12.6. The Kier molecular flexibility index (Phi) is 11.8. The first-order valence-corrected chi connectivity index (χ1v) is 19.2. The highest BCUT2D eigenvalue weighted by Gasteiger charge is 2.23. The lowest BCUT2D eigenvalue weighted by Gasteiger charge is -2.21. The van der Waals surface area contributed by atoms with Crippen molar-refractivity contribution in [2.75, 3.05) is 0 Å². The van der Waals surface area contributed by atoms with Gasteiger partial charge >= 0.3 is 0 Å². The number of nitrogens with zero attached hydrogens (tertiary/aromatic N) is 3. The second kappa shape index (κ2) is 15.9. The van der Waals surface area contributed by atoms with Crippen LogP contribution >= 0.6 is 0 Å². The van der Waals surface area contributed by atoms with Crippen molar-refractivity contribution < 1.29 is 0 Å². The summed E-state index contributed by atoms with van der Waals surface area (Å²) >= 11 is 0. The summed E-state index contributed by atoms with van der Waals surface area (Å²) in [5, 5.41) is 0. The van der Waals surface area contributed by atoms with Gasteiger partial charge in [-0.3, -0.25) is 0 Å². The van der Waals surface area contributed by atoms with Gasteiger partial charge in [0, 0.05) is 11.1 Å². The SMILES string of the molecule is Cc1cc(C)c(C(=Nc2c(C(C)C)cccc2C(C)C)c2cccc(C(=Nc3c(C(C)C)cccc3C(C)C)c3c(C)cc(C)cc3C)n2)c(C)c1. The van der Waals surface area contributed by atoms with Gasteiger partial charge in [-0.25, -0.2) is 15.0 Å². The zero-order chi connectivity index (χ0) is 38.0. The minimum atomic E-state index is 0.320. The van der Waals surface area contributed by atoms with Crippen molar-refractivity contribution in [2.45, 2.75) is 121 Å². The standard InChI is InChI=1S/C49H59N3/c1-28(2)38-18-15-19-39(29(3)4)46(38)51-48(44-34(11)24-32(9)25-35(44)12)42-22-17-23-43(50-42)49(45-36(13)26-33(10)27-37(45)14)52-47-40(30(5)6)20-16-21-41(47)31(7)8/h15-31H,1-14H3. The molecular formula is C49H59N3. The molecular weight excluding hydrogens is 631 g/mol. The Hall–Kier alpha value is -4.63. The van der Waals surface area contributed by atoms with Crippen molar-refractivity contribution in [3.05, 3.63) is 157 Å². The Morgan fingerprint density at radius 1 is 0.423 bits per heavy atom. The number of aliphatic imine (C=N–C) groups is 2. The fourth-order valence-electron chi connectivity index (χ4n) is 7.79. The average Bonchev–Trinajstić information content (AvgIpc) is 3.06. The van der Waals surface area contributed by atoms with Crippen molar-refractivity contribution in [1.29, 1.82) is 0 Å². The van der Waals surface area contributed by atoms with Crippen molar-refractivity contribution in [1.82, 2.24) is 4.98 Å². The molecule has 0 bridgehead atoms. The molecule has 0 atom stereocenters. The van der Waals surface area contributed by atoms with Gasteiger partial charge in [-0.15, -0.1) is 0 Å². The van der Waals surface area contributed by atoms with E-state index >= 15 is 0 Å². The highest BCUT2D eigenvalue weighted by atomic mass is 14.9. The van der Waals surface area contributed by atoms with E-state index in [0.717, 1.165) is 45.3 Å². The number of aromatic nitrogens is 1. The number of rotatable bonds is 10. The summed E-state index contributed by atoms with van der Waals surface area (Å²) in [6, 6.07) is 28.7. The number of hydrogen-bond donors (Lipinski definition) is 0. The third-order valence-electron chi connectivity index (χ3n) is 10.2. The minimum Gasteiger partial charge on any atom is -0.246 e. The molecule has 0 saturated carbocycles. The van der Waals surface area contributed by atoms with E-state index in [-0.39, 0.29) is 0 Å². The van der Waals surface area contributed by atoms with Crippen LogP contribution in [0.4, 0.5) is 11.4 Å². The Morgan fingerprint density at radius 3 is 0.962 bits per heavy atom. The van der Waals surface area contributed by atoms with Crippen LogP contribution in [0.5, 0.6) is 0 Å². The summed E-state index contributed by atoms with van der Waals surface area (Å²) < 4.78 is 0. The van der Waals surface area contributed by atoms with Gasteiger partial charge in [0.2, 0.25) is 0 Å². The third-order valence-corrected chi connectivity index (χ3v) is 10.2. The molecule has 0 N–H and O–H groups in total. The number of aryl methyl sites for hydroxylation is 6. The molecule has 52 heavy (non-hydrogen) atoms. The maximum Gasteiger partial charge on any atom is 0.0971 e. The lowest BCUT2D eigenvalue weighted by molar-refractivity contribution is 0.834. The first kappa shape index (κ1) is 38.6. The summed E-state index contributed by atoms with van der Waals surface area (Å²) in [5.41, 5.74) is 20.2. The Morgan fingerprint density at radius 2 is 0.692 bits per heavy atom. The molecule has 1 aromatic heterocycles. The van der Waals surface area contributed by atoms with Gasteiger partial charge in [0.25, 0.3) is 0 Å². The maximum absolute atomic E-state index is 5.69. The number of para-hydroxylation sites is 2. The molecule has 5 rings (SSSR count). The number of pyridine rings is 1. The lowest BCUT2D eigenvalue weighted by Crippen LogP contribution is -2.16. The summed E-state index contributed by atoms with van der Waals surface area (Å²) in [5.74, 6) is 1.28. The highest BCUT2D eigenvalue weighted by Crippen LogP contribution is 2.38. The van der Waals surface area contributed by atoms with Crippen LogP contribution in [0.1, 0.15) is 157 Å². The van der Waals surface area contributed by atoms with E-state index < -0.39 is 0 Å². The molecule has 0 spiro atoms. The van der Waals surface area contributed by atoms with Crippen LogP contribution in [0.15, 0.2) is 88.8 Å². The molecule has 1 heterocycles. The van der Waals surface area contributed by atoms with Crippen LogP contribution in [-0.4, -0.2) is 16.4 Å². The Labute approximate surface area is 314 Å². The fourth-order valence-corrected chi connectivity index (χ4v) is 7.79. The first-order valence-electron chi connectivity index (χ1n) is 19.2. The fraction of sp³-hybridized carbons (Fsp3) is 0.367. The van der Waals surface area contributed by atoms with E-state index in [0.29, 0.717) is 23.7 Å². The average molecular weight is 690 g/mol. The quantitative estimate of drug-likeness (QED) is 0.135. The molecule has 0 aliphatic carbocycles. The second-order valence-corrected chi connectivity index (χ2v) is 16.1. The predicted octanol–water partition coefficient (Wildman–Crippen LogP) is 13.8. The predicted molar refractivity (Wildman–Crippen MR) is 225 cm³/mol. The largest absolute Gasteiger partial charge is 0.246 e. The van der Waals surface area contributed by atoms with E-state index in [1.54, 1.807) is 0 Å². The van der Waals surface area contributed by atoms with E-state index in [4.69, 9.17) is 15.0 Å². The lowest BCUT2D eigenvalue weighted by atomic mass is 9.90. The van der Waals surface area contributed by atoms with Gasteiger partial charge in [-0.1, -0.05) is 133 Å². The van der Waals surface area contributed by atoms with Gasteiger partial charge in [-0.05, 0) is 122 Å². The Balaban J connectivity index is 1.90. The first-order chi connectivity index (χ1) is 24.6. The van der Waals surface area contributed by atoms with Crippen LogP contribution in [0.3, 0.4) is 0 Å². The van der Waals surface area contributed by atoms with E-state index in [1.165, 1.54) is 55.6 Å². The zero-order valence-corrected chi connectivity index (χ0v) is 34.2. The molecule has 0 fully saturated rings. The van der Waals surface area contributed by atoms with Gasteiger partial charge in [0.05, 0.1) is 34.2 Å². The smallest absolute Gasteiger partial charge is 0.0971 e. The molecule has 0 saturated heterocycles. The highest BCUT2D eigenvalue weighted by molar-refractivity contribution is 6.17. The van der Waals surface area contributed by atoms with E-state index in [2.05, 4.69) is 176 Å². The minimum absolute atomic E-state index is 0.320. The molecule has 5 aromatic rings. The second-order valence-electron chi connectivity index (χ2n) is 16.1. The molecule has 0 unspecified atom stereocenters. The molecule has 0 aliphatic heterocycles. The maximum atomic E-state index is 5.69. The monoisotopic (exact) mass is 689 g/mol. The van der Waals surface area contributed by atoms with Crippen molar-refractivity contribution in [3.63, 3.8) is 0 Å². The zero-order valence-electron chi connectivity index (χ0n) is 34.2. The number of benzene rings is 4. The van der Waals surface area contributed by atoms with Crippen LogP contribution < -0.4 is 0 Å². The van der Waals surface area contributed by atoms with Crippen molar-refractivity contribution >= 4 is 22.8 Å². The molecule has 0 aliphatic rings. The van der Waals surface area contributed by atoms with Gasteiger partial charge in [0.1, 0.15) is 0 Å². The number of hydrogen-bond acceptors (Lipinski definition) is 3. The van der Waals surface area contributed by atoms with Crippen LogP contribution in [0.25, 0.3) is 0 Å². The summed E-state index contributed by atoms with van der Waals surface area (Å²) in [7, 11) is 0. The van der Waals surface area contributed by atoms with E-state index in [1.807, 2.05) is 0 Å². The third kappa shape index (κ3) is 8.04. The van der Waals surface area contributed by atoms with Crippen molar-refractivity contribution in [2.24, 2.45) is 9.98 Å². The molecule has 4 aromatic carbocycles. The molecule has 270 valence electrons. The summed E-state index contributed by atoms with van der Waals surface area (Å²) in [6.45, 7) is 31.2. The topological polar surface area (TPSA) is 37.6 Å². The summed E-state index contributed by atoms with van der Waals surface area (Å²) in [6.07, 6.45) is 0.